The van der Waals surface area contributed by atoms with Crippen LogP contribution in [0, 0.1) is 0 Å². The minimum Gasteiger partial charge on any atom is -0.379 e. The number of hydrogen-bond donors (Lipinski definition) is 1. The Morgan fingerprint density at radius 3 is 2.44 bits per heavy atom. The van der Waals surface area contributed by atoms with Crippen molar-refractivity contribution in [2.45, 2.75) is 24.6 Å². The summed E-state index contributed by atoms with van der Waals surface area (Å²) < 4.78 is 42.8. The van der Waals surface area contributed by atoms with Crippen molar-refractivity contribution in [1.82, 2.24) is 5.32 Å². The van der Waals surface area contributed by atoms with Gasteiger partial charge in [0, 0.05) is 19.6 Å². The molecule has 0 aromatic heterocycles. The van der Waals surface area contributed by atoms with Crippen LogP contribution in [0.1, 0.15) is 23.5 Å². The van der Waals surface area contributed by atoms with E-state index < -0.39 is 11.7 Å². The van der Waals surface area contributed by atoms with Gasteiger partial charge in [0.05, 0.1) is 11.7 Å². The van der Waals surface area contributed by atoms with Gasteiger partial charge in [-0.25, -0.2) is 0 Å². The van der Waals surface area contributed by atoms with Crippen molar-refractivity contribution in [2.24, 2.45) is 0 Å². The molecule has 0 spiro atoms. The molecule has 2 rings (SSSR count). The molecule has 1 aromatic carbocycles. The van der Waals surface area contributed by atoms with E-state index in [0.717, 1.165) is 37.2 Å². The van der Waals surface area contributed by atoms with Gasteiger partial charge < -0.3 is 10.1 Å². The molecule has 0 aliphatic carbocycles. The Labute approximate surface area is 104 Å². The Morgan fingerprint density at radius 2 is 1.89 bits per heavy atom. The molecule has 100 valence electrons. The van der Waals surface area contributed by atoms with Crippen LogP contribution in [0.2, 0.25) is 0 Å². The SMILES string of the molecule is CO[C@@H]1CNCC[C@@H]1c1ccc(C(F)(F)F)cc1. The third-order valence-corrected chi connectivity index (χ3v) is 3.40. The van der Waals surface area contributed by atoms with E-state index in [9.17, 15) is 13.2 Å². The van der Waals surface area contributed by atoms with E-state index in [2.05, 4.69) is 5.32 Å². The van der Waals surface area contributed by atoms with Gasteiger partial charge >= 0.3 is 6.18 Å². The highest BCUT2D eigenvalue weighted by molar-refractivity contribution is 5.28. The molecule has 0 radical (unpaired) electrons. The predicted molar refractivity (Wildman–Crippen MR) is 62.5 cm³/mol. The molecule has 1 heterocycles. The van der Waals surface area contributed by atoms with Crippen LogP contribution < -0.4 is 5.32 Å². The molecule has 0 amide bonds. The second-order valence-corrected chi connectivity index (χ2v) is 4.49. The van der Waals surface area contributed by atoms with E-state index in [4.69, 9.17) is 4.74 Å². The summed E-state index contributed by atoms with van der Waals surface area (Å²) in [6.07, 6.45) is -3.37. The fraction of sp³-hybridized carbons (Fsp3) is 0.538. The summed E-state index contributed by atoms with van der Waals surface area (Å²) in [5.74, 6) is 0.165. The Bertz CT molecular complexity index is 388. The Hall–Kier alpha value is -1.07. The monoisotopic (exact) mass is 259 g/mol. The van der Waals surface area contributed by atoms with E-state index in [1.807, 2.05) is 0 Å². The molecule has 2 atom stereocenters. The molecule has 1 aliphatic heterocycles. The number of alkyl halides is 3. The van der Waals surface area contributed by atoms with Crippen molar-refractivity contribution in [1.29, 1.82) is 0 Å². The molecular weight excluding hydrogens is 243 g/mol. The number of piperidine rings is 1. The van der Waals surface area contributed by atoms with Gasteiger partial charge in [0.25, 0.3) is 0 Å². The van der Waals surface area contributed by atoms with Gasteiger partial charge in [0.15, 0.2) is 0 Å². The van der Waals surface area contributed by atoms with Crippen LogP contribution in [-0.4, -0.2) is 26.3 Å². The highest BCUT2D eigenvalue weighted by Gasteiger charge is 2.31. The summed E-state index contributed by atoms with van der Waals surface area (Å²) >= 11 is 0. The highest BCUT2D eigenvalue weighted by atomic mass is 19.4. The lowest BCUT2D eigenvalue weighted by Crippen LogP contribution is -2.40. The Balaban J connectivity index is 2.18. The zero-order valence-corrected chi connectivity index (χ0v) is 10.1. The maximum Gasteiger partial charge on any atom is 0.416 e. The summed E-state index contributed by atoms with van der Waals surface area (Å²) in [6.45, 7) is 1.60. The first-order valence-corrected chi connectivity index (χ1v) is 5.93. The first-order valence-electron chi connectivity index (χ1n) is 5.93. The summed E-state index contributed by atoms with van der Waals surface area (Å²) in [6, 6.07) is 5.41. The molecule has 1 saturated heterocycles. The molecule has 18 heavy (non-hydrogen) atoms. The van der Waals surface area contributed by atoms with Crippen LogP contribution in [0.5, 0.6) is 0 Å². The maximum absolute atomic E-state index is 12.5. The average Bonchev–Trinajstić information content (AvgIpc) is 2.38. The molecule has 1 N–H and O–H groups in total. The minimum atomic E-state index is -4.27. The summed E-state index contributed by atoms with van der Waals surface area (Å²) in [5.41, 5.74) is 0.311. The van der Waals surface area contributed by atoms with Gasteiger partial charge in [0.2, 0.25) is 0 Å². The Morgan fingerprint density at radius 1 is 1.22 bits per heavy atom. The van der Waals surface area contributed by atoms with Gasteiger partial charge in [0.1, 0.15) is 0 Å². The van der Waals surface area contributed by atoms with E-state index in [1.54, 1.807) is 19.2 Å². The van der Waals surface area contributed by atoms with Crippen molar-refractivity contribution in [2.75, 3.05) is 20.2 Å². The van der Waals surface area contributed by atoms with Crippen molar-refractivity contribution in [3.8, 4) is 0 Å². The number of ether oxygens (including phenoxy) is 1. The first kappa shape index (κ1) is 13.4. The molecule has 0 unspecified atom stereocenters. The minimum absolute atomic E-state index is 0.0236. The normalized spacial score (nSPS) is 25.1. The molecule has 0 bridgehead atoms. The number of halogens is 3. The number of methoxy groups -OCH3 is 1. The van der Waals surface area contributed by atoms with Crippen LogP contribution in [-0.2, 0) is 10.9 Å². The fourth-order valence-electron chi connectivity index (χ4n) is 2.38. The molecule has 1 fully saturated rings. The van der Waals surface area contributed by atoms with Crippen LogP contribution in [0.15, 0.2) is 24.3 Å². The maximum atomic E-state index is 12.5. The Kier molecular flexibility index (Phi) is 3.92. The number of benzene rings is 1. The summed E-state index contributed by atoms with van der Waals surface area (Å²) in [5, 5.41) is 3.22. The van der Waals surface area contributed by atoms with Crippen LogP contribution in [0.4, 0.5) is 13.2 Å². The van der Waals surface area contributed by atoms with Crippen LogP contribution in [0.25, 0.3) is 0 Å². The summed E-state index contributed by atoms with van der Waals surface area (Å²) in [7, 11) is 1.63. The van der Waals surface area contributed by atoms with Crippen LogP contribution in [0.3, 0.4) is 0 Å². The second kappa shape index (κ2) is 5.28. The van der Waals surface area contributed by atoms with E-state index in [-0.39, 0.29) is 12.0 Å². The zero-order valence-electron chi connectivity index (χ0n) is 10.1. The number of nitrogens with one attached hydrogen (secondary N) is 1. The largest absolute Gasteiger partial charge is 0.416 e. The molecule has 0 saturated carbocycles. The van der Waals surface area contributed by atoms with E-state index in [1.165, 1.54) is 0 Å². The molecule has 1 aromatic rings. The first-order chi connectivity index (χ1) is 8.52. The fourth-order valence-corrected chi connectivity index (χ4v) is 2.38. The number of hydrogen-bond acceptors (Lipinski definition) is 2. The van der Waals surface area contributed by atoms with Crippen molar-refractivity contribution in [3.63, 3.8) is 0 Å². The van der Waals surface area contributed by atoms with Crippen LogP contribution >= 0.6 is 0 Å². The quantitative estimate of drug-likeness (QED) is 0.881. The van der Waals surface area contributed by atoms with E-state index >= 15 is 0 Å². The molecule has 1 aliphatic rings. The van der Waals surface area contributed by atoms with Crippen molar-refractivity contribution in [3.05, 3.63) is 35.4 Å². The average molecular weight is 259 g/mol. The van der Waals surface area contributed by atoms with Gasteiger partial charge in [-0.15, -0.1) is 0 Å². The number of rotatable bonds is 2. The molecule has 2 nitrogen and oxygen atoms in total. The molecular formula is C13H16F3NO. The lowest BCUT2D eigenvalue weighted by molar-refractivity contribution is -0.137. The van der Waals surface area contributed by atoms with Crippen molar-refractivity contribution < 1.29 is 17.9 Å². The van der Waals surface area contributed by atoms with Gasteiger partial charge in [-0.2, -0.15) is 13.2 Å². The van der Waals surface area contributed by atoms with Gasteiger partial charge in [-0.3, -0.25) is 0 Å². The molecule has 5 heteroatoms. The second-order valence-electron chi connectivity index (χ2n) is 4.49. The standard InChI is InChI=1S/C13H16F3NO/c1-18-12-8-17-7-6-11(12)9-2-4-10(5-3-9)13(14,15)16/h2-5,11-12,17H,6-8H2,1H3/t11-,12-/m1/s1. The highest BCUT2D eigenvalue weighted by Crippen LogP contribution is 2.32. The van der Waals surface area contributed by atoms with Gasteiger partial charge in [-0.1, -0.05) is 12.1 Å². The zero-order chi connectivity index (χ0) is 13.2. The third kappa shape index (κ3) is 2.84. The lowest BCUT2D eigenvalue weighted by Gasteiger charge is -2.31. The predicted octanol–water partition coefficient (Wildman–Crippen LogP) is 2.80. The van der Waals surface area contributed by atoms with Gasteiger partial charge in [-0.05, 0) is 30.7 Å². The topological polar surface area (TPSA) is 21.3 Å². The van der Waals surface area contributed by atoms with E-state index in [0.29, 0.717) is 0 Å². The summed E-state index contributed by atoms with van der Waals surface area (Å²) in [4.78, 5) is 0. The smallest absolute Gasteiger partial charge is 0.379 e. The lowest BCUT2D eigenvalue weighted by atomic mass is 9.87. The van der Waals surface area contributed by atoms with Crippen molar-refractivity contribution >= 4 is 0 Å². The third-order valence-electron chi connectivity index (χ3n) is 3.40.